The average molecular weight is 505 g/mol. The van der Waals surface area contributed by atoms with Crippen molar-refractivity contribution in [2.45, 2.75) is 62.3 Å². The predicted molar refractivity (Wildman–Crippen MR) is 149 cm³/mol. The Labute approximate surface area is 221 Å². The number of benzene rings is 2. The summed E-state index contributed by atoms with van der Waals surface area (Å²) in [4.78, 5) is 18.8. The van der Waals surface area contributed by atoms with Crippen molar-refractivity contribution in [1.29, 1.82) is 5.26 Å². The fourth-order valence-electron chi connectivity index (χ4n) is 5.81. The number of rotatable bonds is 8. The van der Waals surface area contributed by atoms with Gasteiger partial charge >= 0.3 is 6.03 Å². The molecule has 0 spiro atoms. The summed E-state index contributed by atoms with van der Waals surface area (Å²) in [5.74, 6) is 0.585. The van der Waals surface area contributed by atoms with Gasteiger partial charge in [-0.2, -0.15) is 5.26 Å². The van der Waals surface area contributed by atoms with E-state index in [1.807, 2.05) is 29.4 Å². The van der Waals surface area contributed by atoms with Gasteiger partial charge in [0.25, 0.3) is 0 Å². The molecule has 0 atom stereocenters. The van der Waals surface area contributed by atoms with Crippen LogP contribution in [-0.2, 0) is 5.54 Å². The third kappa shape index (κ3) is 5.58. The number of carbonyl (C=O) groups excluding carboxylic acids is 1. The highest BCUT2D eigenvalue weighted by Crippen LogP contribution is 2.48. The summed E-state index contributed by atoms with van der Waals surface area (Å²) in [6.45, 7) is 3.63. The molecule has 5 nitrogen and oxygen atoms in total. The molecule has 6 heteroatoms. The molecule has 2 aliphatic rings. The third-order valence-electron chi connectivity index (χ3n) is 8.62. The van der Waals surface area contributed by atoms with Gasteiger partial charge in [0, 0.05) is 23.5 Å². The molecular weight excluding hydrogens is 464 g/mol. The van der Waals surface area contributed by atoms with Crippen LogP contribution in [0, 0.1) is 22.7 Å². The standard InChI is InChI=1S/C30H40N4OS/c1-29(15-17-30(18-16-29,33(2)3)25-11-6-5-7-12-25)22-34(28(35)32-21-23-9-8-10-23)27-14-13-26(36-4)19-24(27)20-31/h5-7,11-14,19,23H,8-10,15-18,21-22H2,1-4H3,(H,32,35)/t29-,30-. The largest absolute Gasteiger partial charge is 0.337 e. The Balaban J connectivity index is 1.58. The Hall–Kier alpha value is -2.49. The maximum absolute atomic E-state index is 13.6. The lowest BCUT2D eigenvalue weighted by Gasteiger charge is -2.50. The highest BCUT2D eigenvalue weighted by Gasteiger charge is 2.44. The first-order valence-electron chi connectivity index (χ1n) is 13.2. The van der Waals surface area contributed by atoms with Crippen LogP contribution in [0.15, 0.2) is 53.4 Å². The monoisotopic (exact) mass is 504 g/mol. The van der Waals surface area contributed by atoms with Crippen molar-refractivity contribution in [2.75, 3.05) is 38.3 Å². The molecule has 2 fully saturated rings. The summed E-state index contributed by atoms with van der Waals surface area (Å²) >= 11 is 1.61. The van der Waals surface area contributed by atoms with Gasteiger partial charge < -0.3 is 5.32 Å². The van der Waals surface area contributed by atoms with Crippen molar-refractivity contribution in [3.8, 4) is 6.07 Å². The molecule has 36 heavy (non-hydrogen) atoms. The normalized spacial score (nSPS) is 24.1. The molecule has 0 unspecified atom stereocenters. The van der Waals surface area contributed by atoms with Crippen molar-refractivity contribution in [1.82, 2.24) is 10.2 Å². The number of carbonyl (C=O) groups is 1. The molecule has 2 aromatic carbocycles. The summed E-state index contributed by atoms with van der Waals surface area (Å²) < 4.78 is 0. The van der Waals surface area contributed by atoms with Crippen LogP contribution in [-0.4, -0.2) is 44.4 Å². The number of thioether (sulfide) groups is 1. The number of nitriles is 1. The number of hydrogen-bond acceptors (Lipinski definition) is 4. The van der Waals surface area contributed by atoms with E-state index in [9.17, 15) is 10.1 Å². The van der Waals surface area contributed by atoms with E-state index in [2.05, 4.69) is 67.6 Å². The second-order valence-electron chi connectivity index (χ2n) is 11.2. The van der Waals surface area contributed by atoms with Gasteiger partial charge in [0.1, 0.15) is 6.07 Å². The van der Waals surface area contributed by atoms with Gasteiger partial charge in [0.15, 0.2) is 0 Å². The number of urea groups is 1. The zero-order valence-electron chi connectivity index (χ0n) is 22.2. The lowest BCUT2D eigenvalue weighted by atomic mass is 9.65. The second kappa shape index (κ2) is 11.3. The van der Waals surface area contributed by atoms with E-state index in [-0.39, 0.29) is 17.0 Å². The summed E-state index contributed by atoms with van der Waals surface area (Å²) in [7, 11) is 4.37. The van der Waals surface area contributed by atoms with E-state index in [1.165, 1.54) is 24.8 Å². The molecular formula is C30H40N4OS. The Morgan fingerprint density at radius 3 is 2.36 bits per heavy atom. The van der Waals surface area contributed by atoms with E-state index >= 15 is 0 Å². The maximum atomic E-state index is 13.6. The smallest absolute Gasteiger partial charge is 0.321 e. The van der Waals surface area contributed by atoms with Crippen molar-refractivity contribution in [2.24, 2.45) is 11.3 Å². The minimum absolute atomic E-state index is 0.00982. The molecule has 0 heterocycles. The fourth-order valence-corrected chi connectivity index (χ4v) is 6.25. The van der Waals surface area contributed by atoms with Crippen molar-refractivity contribution in [3.05, 3.63) is 59.7 Å². The Kier molecular flexibility index (Phi) is 8.32. The van der Waals surface area contributed by atoms with E-state index in [1.54, 1.807) is 11.8 Å². The van der Waals surface area contributed by atoms with Gasteiger partial charge in [-0.1, -0.05) is 43.7 Å². The first-order chi connectivity index (χ1) is 17.3. The summed E-state index contributed by atoms with van der Waals surface area (Å²) in [5, 5.41) is 13.1. The number of nitrogens with zero attached hydrogens (tertiary/aromatic N) is 3. The summed E-state index contributed by atoms with van der Waals surface area (Å²) in [5.41, 5.74) is 2.62. The molecule has 2 amide bonds. The number of amides is 2. The van der Waals surface area contributed by atoms with Crippen molar-refractivity contribution >= 4 is 23.5 Å². The van der Waals surface area contributed by atoms with Crippen molar-refractivity contribution in [3.63, 3.8) is 0 Å². The van der Waals surface area contributed by atoms with Gasteiger partial charge in [0.2, 0.25) is 0 Å². The minimum atomic E-state index is -0.0796. The molecule has 0 bridgehead atoms. The molecule has 0 saturated heterocycles. The molecule has 2 saturated carbocycles. The van der Waals surface area contributed by atoms with Crippen LogP contribution in [0.25, 0.3) is 0 Å². The van der Waals surface area contributed by atoms with E-state index in [0.717, 1.165) is 36.3 Å². The summed E-state index contributed by atoms with van der Waals surface area (Å²) in [6.07, 6.45) is 9.74. The van der Waals surface area contributed by atoms with Crippen LogP contribution in [0.5, 0.6) is 0 Å². The molecule has 2 aromatic rings. The molecule has 0 aromatic heterocycles. The lowest BCUT2D eigenvalue weighted by Crippen LogP contribution is -2.51. The van der Waals surface area contributed by atoms with Crippen LogP contribution in [0.1, 0.15) is 63.0 Å². The van der Waals surface area contributed by atoms with E-state index in [0.29, 0.717) is 24.6 Å². The zero-order valence-corrected chi connectivity index (χ0v) is 23.0. The van der Waals surface area contributed by atoms with Gasteiger partial charge in [0.05, 0.1) is 11.3 Å². The van der Waals surface area contributed by atoms with Gasteiger partial charge in [-0.05, 0) is 94.0 Å². The molecule has 0 aliphatic heterocycles. The molecule has 2 aliphatic carbocycles. The Morgan fingerprint density at radius 2 is 1.81 bits per heavy atom. The minimum Gasteiger partial charge on any atom is -0.337 e. The summed E-state index contributed by atoms with van der Waals surface area (Å²) in [6, 6.07) is 19.0. The Bertz CT molecular complexity index is 1080. The van der Waals surface area contributed by atoms with Gasteiger partial charge in [-0.3, -0.25) is 9.80 Å². The first-order valence-corrected chi connectivity index (χ1v) is 14.4. The number of anilines is 1. The van der Waals surface area contributed by atoms with Crippen LogP contribution < -0.4 is 10.2 Å². The fraction of sp³-hybridized carbons (Fsp3) is 0.533. The second-order valence-corrected chi connectivity index (χ2v) is 12.0. The predicted octanol–water partition coefficient (Wildman–Crippen LogP) is 6.63. The molecule has 4 rings (SSSR count). The Morgan fingerprint density at radius 1 is 1.11 bits per heavy atom. The quantitative estimate of drug-likeness (QED) is 0.410. The first kappa shape index (κ1) is 26.6. The van der Waals surface area contributed by atoms with Gasteiger partial charge in [-0.15, -0.1) is 11.8 Å². The SMILES string of the molecule is CSc1ccc(N(C[C@]2(C)CC[C@@](c3ccccc3)(N(C)C)CC2)C(=O)NCC2CCC2)c(C#N)c1. The van der Waals surface area contributed by atoms with Gasteiger partial charge in [-0.25, -0.2) is 4.79 Å². The molecule has 0 radical (unpaired) electrons. The number of hydrogen-bond donors (Lipinski definition) is 1. The van der Waals surface area contributed by atoms with Crippen LogP contribution in [0.3, 0.4) is 0 Å². The molecule has 192 valence electrons. The highest BCUT2D eigenvalue weighted by molar-refractivity contribution is 7.98. The van der Waals surface area contributed by atoms with E-state index < -0.39 is 0 Å². The third-order valence-corrected chi connectivity index (χ3v) is 9.34. The van der Waals surface area contributed by atoms with Crippen LogP contribution in [0.2, 0.25) is 0 Å². The van der Waals surface area contributed by atoms with E-state index in [4.69, 9.17) is 0 Å². The molecule has 1 N–H and O–H groups in total. The zero-order chi connectivity index (χ0) is 25.8. The average Bonchev–Trinajstić information content (AvgIpc) is 2.87. The topological polar surface area (TPSA) is 59.4 Å². The van der Waals surface area contributed by atoms with Crippen molar-refractivity contribution < 1.29 is 4.79 Å². The maximum Gasteiger partial charge on any atom is 0.321 e. The lowest BCUT2D eigenvalue weighted by molar-refractivity contribution is 0.0458. The number of nitrogens with one attached hydrogen (secondary N) is 1. The van der Waals surface area contributed by atoms with Crippen LogP contribution in [0.4, 0.5) is 10.5 Å². The van der Waals surface area contributed by atoms with Crippen LogP contribution >= 0.6 is 11.8 Å². The highest BCUT2D eigenvalue weighted by atomic mass is 32.2.